The van der Waals surface area contributed by atoms with Crippen LogP contribution in [-0.4, -0.2) is 40.2 Å². The topological polar surface area (TPSA) is 81.7 Å². The van der Waals surface area contributed by atoms with E-state index in [9.17, 15) is 13.2 Å². The van der Waals surface area contributed by atoms with E-state index in [2.05, 4.69) is 12.2 Å². The predicted molar refractivity (Wildman–Crippen MR) is 140 cm³/mol. The molecular formula is C27H47NO5S. The summed E-state index contributed by atoms with van der Waals surface area (Å²) in [6.45, 7) is 2.53. The van der Waals surface area contributed by atoms with Gasteiger partial charge in [0.25, 0.3) is 0 Å². The van der Waals surface area contributed by atoms with E-state index in [1.807, 2.05) is 24.3 Å². The molecule has 7 heteroatoms. The van der Waals surface area contributed by atoms with E-state index in [-0.39, 0.29) is 18.4 Å². The van der Waals surface area contributed by atoms with Gasteiger partial charge in [-0.25, -0.2) is 13.2 Å². The van der Waals surface area contributed by atoms with E-state index in [4.69, 9.17) is 9.47 Å². The summed E-state index contributed by atoms with van der Waals surface area (Å²) in [5, 5.41) is 2.67. The molecule has 0 aliphatic rings. The van der Waals surface area contributed by atoms with Crippen molar-refractivity contribution in [1.82, 2.24) is 5.32 Å². The Bertz CT molecular complexity index is 749. The molecule has 34 heavy (non-hydrogen) atoms. The van der Waals surface area contributed by atoms with Gasteiger partial charge >= 0.3 is 6.09 Å². The largest absolute Gasteiger partial charge is 0.497 e. The molecule has 6 nitrogen and oxygen atoms in total. The van der Waals surface area contributed by atoms with Crippen molar-refractivity contribution in [2.75, 3.05) is 25.7 Å². The third-order valence-corrected chi connectivity index (χ3v) is 7.05. The average molecular weight is 498 g/mol. The number of alkyl carbamates (subject to hydrolysis) is 1. The molecule has 0 saturated carbocycles. The molecule has 0 aromatic heterocycles. The van der Waals surface area contributed by atoms with E-state index >= 15 is 0 Å². The van der Waals surface area contributed by atoms with Crippen LogP contribution in [0.25, 0.3) is 0 Å². The fraction of sp³-hybridized carbons (Fsp3) is 0.741. The van der Waals surface area contributed by atoms with Gasteiger partial charge < -0.3 is 14.8 Å². The third-order valence-electron chi connectivity index (χ3n) is 6.02. The molecular weight excluding hydrogens is 450 g/mol. The Kier molecular flexibility index (Phi) is 16.5. The highest BCUT2D eigenvalue weighted by Crippen LogP contribution is 2.26. The second-order valence-corrected chi connectivity index (χ2v) is 11.5. The first-order valence-corrected chi connectivity index (χ1v) is 15.2. The fourth-order valence-electron chi connectivity index (χ4n) is 3.98. The van der Waals surface area contributed by atoms with Gasteiger partial charge in [-0.05, 0) is 37.0 Å². The number of hydrogen-bond donors (Lipinski definition) is 1. The van der Waals surface area contributed by atoms with Gasteiger partial charge in [-0.1, -0.05) is 89.7 Å². The molecule has 0 aliphatic heterocycles. The summed E-state index contributed by atoms with van der Waals surface area (Å²) >= 11 is 0. The second kappa shape index (κ2) is 18.6. The molecule has 1 atom stereocenters. The Balaban J connectivity index is 2.34. The minimum absolute atomic E-state index is 0.0496. The zero-order valence-electron chi connectivity index (χ0n) is 21.6. The summed E-state index contributed by atoms with van der Waals surface area (Å²) in [5.41, 5.74) is 0.940. The van der Waals surface area contributed by atoms with E-state index in [1.54, 1.807) is 7.11 Å². The van der Waals surface area contributed by atoms with Crippen molar-refractivity contribution in [3.8, 4) is 5.75 Å². The number of rotatable bonds is 20. The van der Waals surface area contributed by atoms with Crippen LogP contribution in [0.1, 0.15) is 108 Å². The molecule has 196 valence electrons. The molecule has 1 rings (SSSR count). The number of amides is 1. The van der Waals surface area contributed by atoms with E-state index in [0.717, 1.165) is 30.6 Å². The van der Waals surface area contributed by atoms with Gasteiger partial charge in [0.2, 0.25) is 0 Å². The first-order chi connectivity index (χ1) is 16.4. The zero-order valence-corrected chi connectivity index (χ0v) is 22.5. The van der Waals surface area contributed by atoms with Crippen LogP contribution in [-0.2, 0) is 14.6 Å². The summed E-state index contributed by atoms with van der Waals surface area (Å²) < 4.78 is 33.4. The first kappa shape index (κ1) is 30.3. The second-order valence-electron chi connectivity index (χ2n) is 9.26. The lowest BCUT2D eigenvalue weighted by Crippen LogP contribution is -2.28. The van der Waals surface area contributed by atoms with Gasteiger partial charge in [0.05, 0.1) is 12.9 Å². The number of methoxy groups -OCH3 is 1. The van der Waals surface area contributed by atoms with Crippen LogP contribution in [0, 0.1) is 0 Å². The maximum atomic E-state index is 12.3. The standard InChI is InChI=1S/C27H47NO5S/c1-4-5-6-7-8-9-10-11-12-13-14-15-17-26(24-18-20-25(32-2)21-19-24)33-27(29)28-22-16-23-34(3,30)31/h18-21,26H,4-17,22-23H2,1-3H3,(H,28,29). The van der Waals surface area contributed by atoms with Crippen molar-refractivity contribution >= 4 is 15.9 Å². The molecule has 0 saturated heterocycles. The number of nitrogens with one attached hydrogen (secondary N) is 1. The zero-order chi connectivity index (χ0) is 25.1. The van der Waals surface area contributed by atoms with Crippen molar-refractivity contribution < 1.29 is 22.7 Å². The van der Waals surface area contributed by atoms with Crippen molar-refractivity contribution in [2.24, 2.45) is 0 Å². The number of sulfone groups is 1. The number of ether oxygens (including phenoxy) is 2. The van der Waals surface area contributed by atoms with Gasteiger partial charge in [0.1, 0.15) is 21.7 Å². The third kappa shape index (κ3) is 16.0. The number of hydrogen-bond acceptors (Lipinski definition) is 5. The highest BCUT2D eigenvalue weighted by molar-refractivity contribution is 7.90. The number of carbonyl (C=O) groups is 1. The van der Waals surface area contributed by atoms with E-state index in [1.165, 1.54) is 70.5 Å². The average Bonchev–Trinajstić information content (AvgIpc) is 2.81. The highest BCUT2D eigenvalue weighted by Gasteiger charge is 2.17. The van der Waals surface area contributed by atoms with Crippen LogP contribution in [0.5, 0.6) is 5.75 Å². The molecule has 0 aliphatic carbocycles. The molecule has 1 unspecified atom stereocenters. The Morgan fingerprint density at radius 2 is 1.38 bits per heavy atom. The normalized spacial score (nSPS) is 12.3. The summed E-state index contributed by atoms with van der Waals surface area (Å²) in [7, 11) is -1.40. The Morgan fingerprint density at radius 1 is 0.853 bits per heavy atom. The van der Waals surface area contributed by atoms with Crippen molar-refractivity contribution in [3.63, 3.8) is 0 Å². The molecule has 1 aromatic carbocycles. The Morgan fingerprint density at radius 3 is 1.88 bits per heavy atom. The van der Waals surface area contributed by atoms with E-state index in [0.29, 0.717) is 6.42 Å². The molecule has 0 heterocycles. The van der Waals surface area contributed by atoms with Crippen LogP contribution >= 0.6 is 0 Å². The summed E-state index contributed by atoms with van der Waals surface area (Å²) in [6.07, 6.45) is 16.9. The van der Waals surface area contributed by atoms with Crippen LogP contribution < -0.4 is 10.1 Å². The highest BCUT2D eigenvalue weighted by atomic mass is 32.2. The molecule has 1 amide bonds. The van der Waals surface area contributed by atoms with Gasteiger partial charge in [-0.3, -0.25) is 0 Å². The van der Waals surface area contributed by atoms with Crippen molar-refractivity contribution in [3.05, 3.63) is 29.8 Å². The minimum Gasteiger partial charge on any atom is -0.497 e. The SMILES string of the molecule is CCCCCCCCCCCCCCC(OC(=O)NCCCS(C)(=O)=O)c1ccc(OC)cc1. The quantitative estimate of drug-likeness (QED) is 0.196. The molecule has 1 N–H and O–H groups in total. The maximum absolute atomic E-state index is 12.3. The monoisotopic (exact) mass is 497 g/mol. The summed E-state index contributed by atoms with van der Waals surface area (Å²) in [4.78, 5) is 12.3. The number of unbranched alkanes of at least 4 members (excludes halogenated alkanes) is 11. The fourth-order valence-corrected chi connectivity index (χ4v) is 4.65. The lowest BCUT2D eigenvalue weighted by Gasteiger charge is -2.19. The lowest BCUT2D eigenvalue weighted by atomic mass is 10.0. The molecule has 0 fully saturated rings. The van der Waals surface area contributed by atoms with Crippen LogP contribution in [0.2, 0.25) is 0 Å². The van der Waals surface area contributed by atoms with Gasteiger partial charge in [0, 0.05) is 12.8 Å². The molecule has 0 spiro atoms. The first-order valence-electron chi connectivity index (χ1n) is 13.1. The number of benzene rings is 1. The maximum Gasteiger partial charge on any atom is 0.407 e. The van der Waals surface area contributed by atoms with Crippen LogP contribution in [0.15, 0.2) is 24.3 Å². The van der Waals surface area contributed by atoms with Gasteiger partial charge in [0.15, 0.2) is 0 Å². The summed E-state index contributed by atoms with van der Waals surface area (Å²) in [6, 6.07) is 7.61. The molecule has 0 radical (unpaired) electrons. The van der Waals surface area contributed by atoms with Crippen LogP contribution in [0.3, 0.4) is 0 Å². The lowest BCUT2D eigenvalue weighted by molar-refractivity contribution is 0.0908. The minimum atomic E-state index is -3.03. The molecule has 1 aromatic rings. The van der Waals surface area contributed by atoms with Crippen molar-refractivity contribution in [2.45, 2.75) is 103 Å². The van der Waals surface area contributed by atoms with Gasteiger partial charge in [-0.2, -0.15) is 0 Å². The smallest absolute Gasteiger partial charge is 0.407 e. The van der Waals surface area contributed by atoms with Crippen LogP contribution in [0.4, 0.5) is 4.79 Å². The Hall–Kier alpha value is -1.76. The summed E-state index contributed by atoms with van der Waals surface area (Å²) in [5.74, 6) is 0.812. The van der Waals surface area contributed by atoms with E-state index < -0.39 is 15.9 Å². The Labute approximate surface area is 208 Å². The predicted octanol–water partition coefficient (Wildman–Crippen LogP) is 6.99. The molecule has 0 bridgehead atoms. The van der Waals surface area contributed by atoms with Crippen molar-refractivity contribution in [1.29, 1.82) is 0 Å². The number of carbonyl (C=O) groups excluding carboxylic acids is 1. The van der Waals surface area contributed by atoms with Gasteiger partial charge in [-0.15, -0.1) is 0 Å².